The number of rotatable bonds is 8. The maximum absolute atomic E-state index is 12.6. The molecule has 0 unspecified atom stereocenters. The fourth-order valence-electron chi connectivity index (χ4n) is 2.65. The number of esters is 2. The second-order valence-electron chi connectivity index (χ2n) is 6.00. The smallest absolute Gasteiger partial charge is 0.340 e. The van der Waals surface area contributed by atoms with Gasteiger partial charge < -0.3 is 19.8 Å². The number of thiophene rings is 1. The van der Waals surface area contributed by atoms with Crippen LogP contribution in [0.2, 0.25) is 0 Å². The number of aryl methyl sites for hydroxylation is 1. The zero-order valence-corrected chi connectivity index (χ0v) is 16.9. The van der Waals surface area contributed by atoms with Crippen LogP contribution in [0.1, 0.15) is 55.6 Å². The third kappa shape index (κ3) is 4.86. The Morgan fingerprint density at radius 1 is 1.25 bits per heavy atom. The van der Waals surface area contributed by atoms with E-state index in [-0.39, 0.29) is 24.8 Å². The zero-order valence-electron chi connectivity index (χ0n) is 16.1. The Kier molecular flexibility index (Phi) is 7.11. The van der Waals surface area contributed by atoms with Gasteiger partial charge in [-0.05, 0) is 44.7 Å². The molecule has 0 saturated carbocycles. The summed E-state index contributed by atoms with van der Waals surface area (Å²) in [6.45, 7) is 6.27. The molecule has 2 aromatic rings. The summed E-state index contributed by atoms with van der Waals surface area (Å²) in [5.41, 5.74) is 1.42. The first-order valence-corrected chi connectivity index (χ1v) is 9.55. The number of carbonyl (C=O) groups excluding carboxylic acids is 4. The van der Waals surface area contributed by atoms with Crippen molar-refractivity contribution < 1.29 is 28.7 Å². The number of H-pyrrole nitrogens is 1. The van der Waals surface area contributed by atoms with Crippen LogP contribution < -0.4 is 5.32 Å². The topological polar surface area (TPSA) is 115 Å². The van der Waals surface area contributed by atoms with Gasteiger partial charge >= 0.3 is 11.9 Å². The van der Waals surface area contributed by atoms with E-state index in [9.17, 15) is 19.2 Å². The summed E-state index contributed by atoms with van der Waals surface area (Å²) in [6, 6.07) is 3.36. The summed E-state index contributed by atoms with van der Waals surface area (Å²) in [7, 11) is 0. The van der Waals surface area contributed by atoms with Crippen LogP contribution in [0.3, 0.4) is 0 Å². The Hall–Kier alpha value is -2.94. The number of nitrogens with one attached hydrogen (secondary N) is 2. The Morgan fingerprint density at radius 3 is 2.57 bits per heavy atom. The molecule has 0 bridgehead atoms. The summed E-state index contributed by atoms with van der Waals surface area (Å²) in [6.07, 6.45) is -1.09. The predicted octanol–water partition coefficient (Wildman–Crippen LogP) is 2.41. The minimum Gasteiger partial charge on any atom is -0.462 e. The minimum atomic E-state index is -1.09. The number of amides is 1. The molecule has 0 saturated heterocycles. The highest BCUT2D eigenvalue weighted by molar-refractivity contribution is 7.12. The monoisotopic (exact) mass is 406 g/mol. The van der Waals surface area contributed by atoms with E-state index in [0.717, 1.165) is 0 Å². The number of hydrogen-bond acceptors (Lipinski definition) is 7. The van der Waals surface area contributed by atoms with Crippen molar-refractivity contribution in [1.29, 1.82) is 0 Å². The molecule has 150 valence electrons. The van der Waals surface area contributed by atoms with Crippen molar-refractivity contribution in [2.75, 3.05) is 13.2 Å². The molecule has 2 aromatic heterocycles. The number of hydrogen-bond donors (Lipinski definition) is 2. The quantitative estimate of drug-likeness (QED) is 0.514. The number of aromatic nitrogens is 1. The molecule has 0 aliphatic rings. The van der Waals surface area contributed by atoms with E-state index >= 15 is 0 Å². The van der Waals surface area contributed by atoms with E-state index in [0.29, 0.717) is 21.7 Å². The molecule has 28 heavy (non-hydrogen) atoms. The molecular weight excluding hydrogens is 384 g/mol. The van der Waals surface area contributed by atoms with Crippen LogP contribution in [0.4, 0.5) is 0 Å². The molecule has 8 nitrogen and oxygen atoms in total. The van der Waals surface area contributed by atoms with Crippen molar-refractivity contribution >= 4 is 35.0 Å². The summed E-state index contributed by atoms with van der Waals surface area (Å²) in [5.74, 6) is -2.12. The van der Waals surface area contributed by atoms with E-state index in [4.69, 9.17) is 9.47 Å². The average Bonchev–Trinajstić information content (AvgIpc) is 3.27. The Morgan fingerprint density at radius 2 is 1.96 bits per heavy atom. The van der Waals surface area contributed by atoms with Crippen LogP contribution in [0.15, 0.2) is 17.5 Å². The molecule has 2 heterocycles. The lowest BCUT2D eigenvalue weighted by molar-refractivity contribution is -0.145. The van der Waals surface area contributed by atoms with Crippen molar-refractivity contribution in [3.05, 3.63) is 44.9 Å². The van der Waals surface area contributed by atoms with Crippen molar-refractivity contribution in [2.45, 2.75) is 33.8 Å². The van der Waals surface area contributed by atoms with Crippen LogP contribution >= 0.6 is 11.3 Å². The first-order valence-electron chi connectivity index (χ1n) is 8.67. The molecule has 0 aliphatic heterocycles. The summed E-state index contributed by atoms with van der Waals surface area (Å²) < 4.78 is 10.1. The minimum absolute atomic E-state index is 0.184. The number of Topliss-reactive ketones (excluding diaryl/α,β-unsaturated/α-hetero) is 1. The van der Waals surface area contributed by atoms with E-state index in [2.05, 4.69) is 10.3 Å². The molecule has 2 rings (SSSR count). The highest BCUT2D eigenvalue weighted by Gasteiger charge is 2.27. The molecule has 1 amide bonds. The lowest BCUT2D eigenvalue weighted by atomic mass is 10.1. The van der Waals surface area contributed by atoms with E-state index in [1.54, 1.807) is 38.3 Å². The van der Waals surface area contributed by atoms with Crippen LogP contribution in [-0.4, -0.2) is 47.9 Å². The average molecular weight is 406 g/mol. The summed E-state index contributed by atoms with van der Waals surface area (Å²) in [4.78, 5) is 51.8. The SMILES string of the molecule is CCOC(=O)c1c(C)[nH]c(C(=O)[C@@H](C)OC(=O)CNC(=O)c2cccs2)c1C. The van der Waals surface area contributed by atoms with Gasteiger partial charge in [-0.15, -0.1) is 11.3 Å². The van der Waals surface area contributed by atoms with Gasteiger partial charge in [0.1, 0.15) is 6.54 Å². The van der Waals surface area contributed by atoms with Gasteiger partial charge in [0.05, 0.1) is 22.7 Å². The highest BCUT2D eigenvalue weighted by Crippen LogP contribution is 2.21. The standard InChI is InChI=1S/C19H22N2O6S/c1-5-26-19(25)15-10(2)16(21-11(15)3)17(23)12(4)27-14(22)9-20-18(24)13-7-6-8-28-13/h6-8,12,21H,5,9H2,1-4H3,(H,20,24)/t12-/m1/s1. The third-order valence-electron chi connectivity index (χ3n) is 3.98. The van der Waals surface area contributed by atoms with Crippen molar-refractivity contribution in [2.24, 2.45) is 0 Å². The fraction of sp³-hybridized carbons (Fsp3) is 0.368. The lowest BCUT2D eigenvalue weighted by Crippen LogP contribution is -2.34. The predicted molar refractivity (Wildman–Crippen MR) is 103 cm³/mol. The van der Waals surface area contributed by atoms with E-state index in [1.807, 2.05) is 0 Å². The normalized spacial score (nSPS) is 11.6. The number of ether oxygens (including phenoxy) is 2. The Bertz CT molecular complexity index is 885. The highest BCUT2D eigenvalue weighted by atomic mass is 32.1. The van der Waals surface area contributed by atoms with E-state index in [1.165, 1.54) is 18.3 Å². The molecule has 0 aliphatic carbocycles. The molecule has 0 spiro atoms. The molecule has 0 radical (unpaired) electrons. The summed E-state index contributed by atoms with van der Waals surface area (Å²) >= 11 is 1.25. The Labute approximate surface area is 166 Å². The van der Waals surface area contributed by atoms with Crippen molar-refractivity contribution in [3.8, 4) is 0 Å². The van der Waals surface area contributed by atoms with Crippen LogP contribution in [0.25, 0.3) is 0 Å². The van der Waals surface area contributed by atoms with Crippen LogP contribution in [0, 0.1) is 13.8 Å². The van der Waals surface area contributed by atoms with Gasteiger partial charge in [-0.3, -0.25) is 14.4 Å². The van der Waals surface area contributed by atoms with Gasteiger partial charge in [-0.1, -0.05) is 6.07 Å². The van der Waals surface area contributed by atoms with Crippen molar-refractivity contribution in [1.82, 2.24) is 10.3 Å². The number of carbonyl (C=O) groups is 4. The van der Waals surface area contributed by atoms with Gasteiger partial charge in [0.25, 0.3) is 5.91 Å². The molecule has 0 fully saturated rings. The van der Waals surface area contributed by atoms with Crippen molar-refractivity contribution in [3.63, 3.8) is 0 Å². The number of ketones is 1. The van der Waals surface area contributed by atoms with Gasteiger partial charge in [0.2, 0.25) is 5.78 Å². The number of aromatic amines is 1. The molecule has 2 N–H and O–H groups in total. The first-order chi connectivity index (χ1) is 13.3. The van der Waals surface area contributed by atoms with Gasteiger partial charge in [-0.25, -0.2) is 4.79 Å². The van der Waals surface area contributed by atoms with Crippen LogP contribution in [0.5, 0.6) is 0 Å². The summed E-state index contributed by atoms with van der Waals surface area (Å²) in [5, 5.41) is 4.19. The molecule has 0 aromatic carbocycles. The maximum atomic E-state index is 12.6. The third-order valence-corrected chi connectivity index (χ3v) is 4.85. The first kappa shape index (κ1) is 21.4. The zero-order chi connectivity index (χ0) is 20.8. The maximum Gasteiger partial charge on any atom is 0.340 e. The molecule has 1 atom stereocenters. The van der Waals surface area contributed by atoms with E-state index < -0.39 is 23.8 Å². The van der Waals surface area contributed by atoms with Crippen LogP contribution in [-0.2, 0) is 14.3 Å². The van der Waals surface area contributed by atoms with Gasteiger partial charge in [0.15, 0.2) is 6.10 Å². The largest absolute Gasteiger partial charge is 0.462 e. The second kappa shape index (κ2) is 9.32. The fourth-order valence-corrected chi connectivity index (χ4v) is 3.29. The molecular formula is C19H22N2O6S. The Balaban J connectivity index is 1.98. The lowest BCUT2D eigenvalue weighted by Gasteiger charge is -2.12. The van der Waals surface area contributed by atoms with Gasteiger partial charge in [0, 0.05) is 5.69 Å². The van der Waals surface area contributed by atoms with Gasteiger partial charge in [-0.2, -0.15) is 0 Å². The molecule has 9 heteroatoms. The second-order valence-corrected chi connectivity index (χ2v) is 6.95.